The summed E-state index contributed by atoms with van der Waals surface area (Å²) in [5, 5.41) is 3.81. The lowest BCUT2D eigenvalue weighted by atomic mass is 10.0. The summed E-state index contributed by atoms with van der Waals surface area (Å²) in [6.45, 7) is 4.86. The fourth-order valence-electron chi connectivity index (χ4n) is 2.19. The highest BCUT2D eigenvalue weighted by atomic mass is 32.2. The van der Waals surface area contributed by atoms with Crippen molar-refractivity contribution in [3.63, 3.8) is 0 Å². The maximum absolute atomic E-state index is 12.2. The molecule has 1 amide bonds. The fraction of sp³-hybridized carbons (Fsp3) is 0.667. The molecule has 0 aliphatic carbocycles. The Labute approximate surface area is 124 Å². The van der Waals surface area contributed by atoms with E-state index in [-0.39, 0.29) is 17.3 Å². The molecule has 9 heteroatoms. The van der Waals surface area contributed by atoms with Gasteiger partial charge >= 0.3 is 0 Å². The summed E-state index contributed by atoms with van der Waals surface area (Å²) in [6, 6.07) is 0. The van der Waals surface area contributed by atoms with E-state index >= 15 is 0 Å². The SMILES string of the molecule is Cn1cc(S(=O)(=O)NCC(=O)N2CCOCC2(C)C)cn1. The van der Waals surface area contributed by atoms with Gasteiger partial charge in [0.2, 0.25) is 15.9 Å². The van der Waals surface area contributed by atoms with Crippen LogP contribution in [0.1, 0.15) is 13.8 Å². The lowest BCUT2D eigenvalue weighted by Gasteiger charge is -2.42. The van der Waals surface area contributed by atoms with Gasteiger partial charge in [0.25, 0.3) is 0 Å². The maximum Gasteiger partial charge on any atom is 0.244 e. The molecule has 1 aromatic heterocycles. The van der Waals surface area contributed by atoms with Crippen molar-refractivity contribution in [3.05, 3.63) is 12.4 Å². The molecule has 8 nitrogen and oxygen atoms in total. The zero-order valence-electron chi connectivity index (χ0n) is 12.4. The minimum atomic E-state index is -3.72. The third-order valence-corrected chi connectivity index (χ3v) is 4.71. The van der Waals surface area contributed by atoms with Gasteiger partial charge in [-0.3, -0.25) is 9.48 Å². The lowest BCUT2D eigenvalue weighted by Crippen LogP contribution is -2.57. The summed E-state index contributed by atoms with van der Waals surface area (Å²) >= 11 is 0. The van der Waals surface area contributed by atoms with Crippen LogP contribution in [0.5, 0.6) is 0 Å². The molecule has 118 valence electrons. The molecule has 1 N–H and O–H groups in total. The molecule has 0 radical (unpaired) electrons. The number of nitrogens with zero attached hydrogens (tertiary/aromatic N) is 3. The second kappa shape index (κ2) is 5.74. The van der Waals surface area contributed by atoms with Crippen molar-refractivity contribution in [2.24, 2.45) is 7.05 Å². The summed E-state index contributed by atoms with van der Waals surface area (Å²) in [6.07, 6.45) is 2.62. The van der Waals surface area contributed by atoms with Gasteiger partial charge in [-0.25, -0.2) is 13.1 Å². The minimum absolute atomic E-state index is 0.0408. The van der Waals surface area contributed by atoms with E-state index in [1.165, 1.54) is 17.1 Å². The Bertz CT molecular complexity index is 623. The fourth-order valence-corrected chi connectivity index (χ4v) is 3.15. The number of ether oxygens (including phenoxy) is 1. The molecule has 1 saturated heterocycles. The Morgan fingerprint density at radius 3 is 2.81 bits per heavy atom. The van der Waals surface area contributed by atoms with Gasteiger partial charge in [-0.05, 0) is 13.8 Å². The number of hydrogen-bond donors (Lipinski definition) is 1. The minimum Gasteiger partial charge on any atom is -0.377 e. The molecule has 21 heavy (non-hydrogen) atoms. The highest BCUT2D eigenvalue weighted by Gasteiger charge is 2.34. The van der Waals surface area contributed by atoms with Crippen LogP contribution in [0.25, 0.3) is 0 Å². The molecule has 0 unspecified atom stereocenters. The van der Waals surface area contributed by atoms with Crippen molar-refractivity contribution in [1.82, 2.24) is 19.4 Å². The normalized spacial score (nSPS) is 18.7. The van der Waals surface area contributed by atoms with E-state index in [1.807, 2.05) is 13.8 Å². The Balaban J connectivity index is 2.00. The maximum atomic E-state index is 12.2. The second-order valence-corrected chi connectivity index (χ2v) is 7.35. The van der Waals surface area contributed by atoms with Crippen LogP contribution in [0.4, 0.5) is 0 Å². The van der Waals surface area contributed by atoms with E-state index in [9.17, 15) is 13.2 Å². The lowest BCUT2D eigenvalue weighted by molar-refractivity contribution is -0.144. The molecule has 0 aromatic carbocycles. The summed E-state index contributed by atoms with van der Waals surface area (Å²) in [5.74, 6) is -0.268. The molecule has 2 rings (SSSR count). The largest absolute Gasteiger partial charge is 0.377 e. The Morgan fingerprint density at radius 2 is 2.24 bits per heavy atom. The summed E-state index contributed by atoms with van der Waals surface area (Å²) in [7, 11) is -2.10. The van der Waals surface area contributed by atoms with Crippen molar-refractivity contribution in [3.8, 4) is 0 Å². The number of sulfonamides is 1. The number of nitrogens with one attached hydrogen (secondary N) is 1. The highest BCUT2D eigenvalue weighted by molar-refractivity contribution is 7.89. The number of rotatable bonds is 4. The zero-order valence-corrected chi connectivity index (χ0v) is 13.2. The van der Waals surface area contributed by atoms with Crippen LogP contribution >= 0.6 is 0 Å². The monoisotopic (exact) mass is 316 g/mol. The number of aryl methyl sites for hydroxylation is 1. The Kier molecular flexibility index (Phi) is 4.35. The first-order chi connectivity index (χ1) is 9.72. The van der Waals surface area contributed by atoms with E-state index < -0.39 is 15.6 Å². The zero-order chi connectivity index (χ0) is 15.7. The van der Waals surface area contributed by atoms with Crippen LogP contribution in [0.15, 0.2) is 17.3 Å². The molecule has 0 saturated carbocycles. The predicted octanol–water partition coefficient (Wildman–Crippen LogP) is -0.664. The third kappa shape index (κ3) is 3.60. The van der Waals surface area contributed by atoms with Gasteiger partial charge < -0.3 is 9.64 Å². The first-order valence-electron chi connectivity index (χ1n) is 6.59. The predicted molar refractivity (Wildman–Crippen MR) is 75.0 cm³/mol. The van der Waals surface area contributed by atoms with Gasteiger partial charge in [-0.1, -0.05) is 0 Å². The molecule has 1 aromatic rings. The number of hydrogen-bond acceptors (Lipinski definition) is 5. The van der Waals surface area contributed by atoms with Gasteiger partial charge in [0.05, 0.1) is 31.5 Å². The average Bonchev–Trinajstić information content (AvgIpc) is 2.83. The van der Waals surface area contributed by atoms with Gasteiger partial charge in [-0.15, -0.1) is 0 Å². The van der Waals surface area contributed by atoms with Crippen LogP contribution in [-0.2, 0) is 26.6 Å². The van der Waals surface area contributed by atoms with Gasteiger partial charge in [0.15, 0.2) is 0 Å². The van der Waals surface area contributed by atoms with Gasteiger partial charge in [-0.2, -0.15) is 5.10 Å². The van der Waals surface area contributed by atoms with E-state index in [0.717, 1.165) is 0 Å². The molecular weight excluding hydrogens is 296 g/mol. The van der Waals surface area contributed by atoms with Crippen molar-refractivity contribution in [1.29, 1.82) is 0 Å². The van der Waals surface area contributed by atoms with Crippen LogP contribution in [-0.4, -0.2) is 60.8 Å². The highest BCUT2D eigenvalue weighted by Crippen LogP contribution is 2.18. The topological polar surface area (TPSA) is 93.5 Å². The summed E-state index contributed by atoms with van der Waals surface area (Å²) in [4.78, 5) is 13.9. The smallest absolute Gasteiger partial charge is 0.244 e. The quantitative estimate of drug-likeness (QED) is 0.795. The van der Waals surface area contributed by atoms with Gasteiger partial charge in [0, 0.05) is 19.8 Å². The van der Waals surface area contributed by atoms with Crippen LogP contribution in [0, 0.1) is 0 Å². The number of amides is 1. The third-order valence-electron chi connectivity index (χ3n) is 3.35. The Morgan fingerprint density at radius 1 is 1.52 bits per heavy atom. The molecular formula is C12H20N4O4S. The van der Waals surface area contributed by atoms with Crippen LogP contribution < -0.4 is 4.72 Å². The van der Waals surface area contributed by atoms with E-state index in [0.29, 0.717) is 19.8 Å². The summed E-state index contributed by atoms with van der Waals surface area (Å²) < 4.78 is 33.1. The molecule has 2 heterocycles. The average molecular weight is 316 g/mol. The van der Waals surface area contributed by atoms with Crippen molar-refractivity contribution in [2.45, 2.75) is 24.3 Å². The number of morpholine rings is 1. The second-order valence-electron chi connectivity index (χ2n) is 5.58. The van der Waals surface area contributed by atoms with Crippen LogP contribution in [0.3, 0.4) is 0 Å². The first kappa shape index (κ1) is 15.9. The molecule has 0 atom stereocenters. The van der Waals surface area contributed by atoms with Crippen LogP contribution in [0.2, 0.25) is 0 Å². The molecule has 0 spiro atoms. The van der Waals surface area contributed by atoms with E-state index in [4.69, 9.17) is 4.74 Å². The first-order valence-corrected chi connectivity index (χ1v) is 8.07. The molecule has 0 bridgehead atoms. The molecule has 1 aliphatic rings. The molecule has 1 fully saturated rings. The van der Waals surface area contributed by atoms with E-state index in [2.05, 4.69) is 9.82 Å². The molecule has 1 aliphatic heterocycles. The standard InChI is InChI=1S/C12H20N4O4S/c1-12(2)9-20-5-4-16(12)11(17)7-14-21(18,19)10-6-13-15(3)8-10/h6,8,14H,4-5,7,9H2,1-3H3. The number of carbonyl (C=O) groups is 1. The Hall–Kier alpha value is -1.45. The van der Waals surface area contributed by atoms with Gasteiger partial charge in [0.1, 0.15) is 4.90 Å². The van der Waals surface area contributed by atoms with Crippen molar-refractivity contribution in [2.75, 3.05) is 26.3 Å². The van der Waals surface area contributed by atoms with E-state index in [1.54, 1.807) is 11.9 Å². The van der Waals surface area contributed by atoms with Crippen molar-refractivity contribution < 1.29 is 17.9 Å². The number of carbonyl (C=O) groups excluding carboxylic acids is 1. The van der Waals surface area contributed by atoms with Crippen molar-refractivity contribution >= 4 is 15.9 Å². The summed E-state index contributed by atoms with van der Waals surface area (Å²) in [5.41, 5.74) is -0.435. The number of aromatic nitrogens is 2.